The van der Waals surface area contributed by atoms with Crippen LogP contribution in [0.3, 0.4) is 0 Å². The fraction of sp³-hybridized carbons (Fsp3) is 0.212. The van der Waals surface area contributed by atoms with Gasteiger partial charge < -0.3 is 25.0 Å². The molecule has 0 radical (unpaired) electrons. The van der Waals surface area contributed by atoms with Crippen LogP contribution < -0.4 is 20.3 Å². The minimum Gasteiger partial charge on any atom is -0.409 e. The number of nitrogens with one attached hydrogen (secondary N) is 2. The lowest BCUT2D eigenvalue weighted by Crippen LogP contribution is -2.40. The largest absolute Gasteiger partial charge is 0.441 e. The molecule has 5 aromatic rings. The first-order valence-corrected chi connectivity index (χ1v) is 15.0. The van der Waals surface area contributed by atoms with E-state index in [1.165, 1.54) is 0 Å². The first kappa shape index (κ1) is 29.1. The van der Waals surface area contributed by atoms with E-state index in [4.69, 9.17) is 9.47 Å². The number of nitrogens with zero attached hydrogens (tertiary/aromatic N) is 3. The van der Waals surface area contributed by atoms with Gasteiger partial charge in [-0.1, -0.05) is 48.5 Å². The summed E-state index contributed by atoms with van der Waals surface area (Å²) < 4.78 is 12.0. The Morgan fingerprint density at radius 1 is 0.886 bits per heavy atom. The number of amides is 2. The third-order valence-corrected chi connectivity index (χ3v) is 8.47. The van der Waals surface area contributed by atoms with Gasteiger partial charge in [0.2, 0.25) is 0 Å². The van der Waals surface area contributed by atoms with Gasteiger partial charge in [-0.3, -0.25) is 9.59 Å². The number of benzene rings is 3. The molecule has 10 nitrogen and oxygen atoms in total. The van der Waals surface area contributed by atoms with Gasteiger partial charge >= 0.3 is 6.09 Å². The van der Waals surface area contributed by atoms with Crippen LogP contribution in [0.1, 0.15) is 39.4 Å². The zero-order valence-corrected chi connectivity index (χ0v) is 25.1. The van der Waals surface area contributed by atoms with Gasteiger partial charge in [0.1, 0.15) is 10.6 Å². The lowest BCUT2D eigenvalue weighted by atomic mass is 9.94. The second kappa shape index (κ2) is 12.3. The normalized spacial score (nSPS) is 13.5. The molecule has 3 aromatic carbocycles. The maximum Gasteiger partial charge on any atom is 0.441 e. The number of ether oxygens (including phenoxy) is 2. The molecule has 0 bridgehead atoms. The number of morpholine rings is 1. The highest BCUT2D eigenvalue weighted by molar-refractivity contribution is 7.20. The highest BCUT2D eigenvalue weighted by atomic mass is 32.1. The summed E-state index contributed by atoms with van der Waals surface area (Å²) in [6.07, 6.45) is -0.769. The predicted octanol–water partition coefficient (Wildman–Crippen LogP) is 5.90. The Bertz CT molecular complexity index is 1790. The van der Waals surface area contributed by atoms with Crippen molar-refractivity contribution in [3.05, 3.63) is 107 Å². The molecule has 0 aliphatic carbocycles. The van der Waals surface area contributed by atoms with E-state index in [9.17, 15) is 14.4 Å². The smallest absolute Gasteiger partial charge is 0.409 e. The van der Waals surface area contributed by atoms with Crippen LogP contribution in [0.4, 0.5) is 16.3 Å². The van der Waals surface area contributed by atoms with Crippen LogP contribution >= 0.6 is 11.3 Å². The molecule has 224 valence electrons. The molecule has 6 rings (SSSR count). The Balaban J connectivity index is 1.28. The first-order valence-electron chi connectivity index (χ1n) is 14.2. The molecule has 2 aromatic heterocycles. The monoisotopic (exact) mass is 609 g/mol. The molecule has 44 heavy (non-hydrogen) atoms. The second-order valence-corrected chi connectivity index (χ2v) is 11.8. The van der Waals surface area contributed by atoms with Gasteiger partial charge in [0, 0.05) is 24.3 Å². The summed E-state index contributed by atoms with van der Waals surface area (Å²) in [6.45, 7) is 6.74. The van der Waals surface area contributed by atoms with Crippen LogP contribution in [0.25, 0.3) is 10.2 Å². The third kappa shape index (κ3) is 6.19. The zero-order valence-electron chi connectivity index (χ0n) is 24.3. The number of hydrogen-bond acceptors (Lipinski definition) is 8. The minimum atomic E-state index is -0.769. The van der Waals surface area contributed by atoms with Gasteiger partial charge in [0.25, 0.3) is 11.8 Å². The highest BCUT2D eigenvalue weighted by Gasteiger charge is 2.27. The van der Waals surface area contributed by atoms with E-state index in [0.29, 0.717) is 39.6 Å². The van der Waals surface area contributed by atoms with Gasteiger partial charge in [0.05, 0.1) is 29.0 Å². The molecule has 0 atom stereocenters. The quantitative estimate of drug-likeness (QED) is 0.236. The molecule has 1 fully saturated rings. The molecule has 11 heteroatoms. The van der Waals surface area contributed by atoms with Crippen molar-refractivity contribution in [1.29, 1.82) is 0 Å². The molecule has 2 amide bonds. The average Bonchev–Trinajstić information content (AvgIpc) is 3.63. The SMILES string of the molecule is CC(C)(NC(=O)c1cc2c(NC(=O)c3ccc(N4CCOCC4)cc3)nn(C(=O)Oc3ccccc3)c2s1)c1ccccc1. The number of thiophene rings is 1. The van der Waals surface area contributed by atoms with E-state index in [1.807, 2.05) is 62.4 Å². The van der Waals surface area contributed by atoms with Crippen LogP contribution in [-0.2, 0) is 10.3 Å². The van der Waals surface area contributed by atoms with Crippen LogP contribution in [-0.4, -0.2) is 54.0 Å². The molecule has 2 N–H and O–H groups in total. The highest BCUT2D eigenvalue weighted by Crippen LogP contribution is 2.33. The first-order chi connectivity index (χ1) is 21.3. The number of hydrogen-bond donors (Lipinski definition) is 2. The fourth-order valence-electron chi connectivity index (χ4n) is 4.97. The molecule has 3 heterocycles. The third-order valence-electron chi connectivity index (χ3n) is 7.36. The lowest BCUT2D eigenvalue weighted by Gasteiger charge is -2.28. The number of aromatic nitrogens is 2. The van der Waals surface area contributed by atoms with Gasteiger partial charge in [0.15, 0.2) is 5.82 Å². The topological polar surface area (TPSA) is 115 Å². The Kier molecular flexibility index (Phi) is 8.14. The molecular formula is C33H31N5O5S. The minimum absolute atomic E-state index is 0.143. The molecule has 0 unspecified atom stereocenters. The summed E-state index contributed by atoms with van der Waals surface area (Å²) in [6, 6.07) is 27.2. The van der Waals surface area contributed by atoms with Crippen LogP contribution in [0.5, 0.6) is 5.75 Å². The van der Waals surface area contributed by atoms with Crippen molar-refractivity contribution in [2.45, 2.75) is 19.4 Å². The van der Waals surface area contributed by atoms with E-state index < -0.39 is 17.5 Å². The van der Waals surface area contributed by atoms with E-state index >= 15 is 0 Å². The summed E-state index contributed by atoms with van der Waals surface area (Å²) in [5.41, 5.74) is 1.72. The maximum atomic E-state index is 13.4. The summed E-state index contributed by atoms with van der Waals surface area (Å²) in [5, 5.41) is 10.7. The van der Waals surface area contributed by atoms with Crippen molar-refractivity contribution < 1.29 is 23.9 Å². The van der Waals surface area contributed by atoms with Crippen molar-refractivity contribution in [1.82, 2.24) is 15.1 Å². The Hall–Kier alpha value is -5.00. The number of rotatable bonds is 7. The number of anilines is 2. The van der Waals surface area contributed by atoms with Crippen molar-refractivity contribution in [2.24, 2.45) is 0 Å². The Labute approximate surface area is 258 Å². The number of fused-ring (bicyclic) bond motifs is 1. The predicted molar refractivity (Wildman–Crippen MR) is 170 cm³/mol. The van der Waals surface area contributed by atoms with Crippen LogP contribution in [0.15, 0.2) is 91.0 Å². The summed E-state index contributed by atoms with van der Waals surface area (Å²) in [4.78, 5) is 42.9. The Morgan fingerprint density at radius 3 is 2.23 bits per heavy atom. The van der Waals surface area contributed by atoms with E-state index in [1.54, 1.807) is 42.5 Å². The number of carbonyl (C=O) groups excluding carboxylic acids is 3. The molecule has 1 aliphatic rings. The van der Waals surface area contributed by atoms with Crippen molar-refractivity contribution >= 4 is 51.0 Å². The van der Waals surface area contributed by atoms with Crippen LogP contribution in [0, 0.1) is 0 Å². The van der Waals surface area contributed by atoms with Gasteiger partial charge in [-0.25, -0.2) is 4.79 Å². The fourth-order valence-corrected chi connectivity index (χ4v) is 5.96. The van der Waals surface area contributed by atoms with E-state index in [0.717, 1.165) is 40.4 Å². The van der Waals surface area contributed by atoms with E-state index in [-0.39, 0.29) is 11.7 Å². The Morgan fingerprint density at radius 2 is 1.55 bits per heavy atom. The van der Waals surface area contributed by atoms with Gasteiger partial charge in [-0.2, -0.15) is 4.68 Å². The summed E-state index contributed by atoms with van der Waals surface area (Å²) in [5.74, 6) is -0.237. The zero-order chi connectivity index (χ0) is 30.7. The number of carbonyl (C=O) groups is 3. The molecule has 1 saturated heterocycles. The van der Waals surface area contributed by atoms with Crippen molar-refractivity contribution in [3.8, 4) is 5.75 Å². The van der Waals surface area contributed by atoms with Crippen molar-refractivity contribution in [3.63, 3.8) is 0 Å². The van der Waals surface area contributed by atoms with Crippen LogP contribution in [0.2, 0.25) is 0 Å². The standard InChI is InChI=1S/C33H31N5O5S/c1-33(2,23-9-5-3-6-10-23)35-30(40)27-21-26-28(36-38(31(26)44-27)32(41)43-25-11-7-4-8-12-25)34-29(39)22-13-15-24(16-14-22)37-17-19-42-20-18-37/h3-16,21H,17-20H2,1-2H3,(H,35,40)(H,34,36,39). The average molecular weight is 610 g/mol. The lowest BCUT2D eigenvalue weighted by molar-refractivity contribution is 0.0915. The van der Waals surface area contributed by atoms with E-state index in [2.05, 4.69) is 20.6 Å². The van der Waals surface area contributed by atoms with Crippen molar-refractivity contribution in [2.75, 3.05) is 36.5 Å². The van der Waals surface area contributed by atoms with Gasteiger partial charge in [-0.15, -0.1) is 16.4 Å². The summed E-state index contributed by atoms with van der Waals surface area (Å²) >= 11 is 1.09. The maximum absolute atomic E-state index is 13.4. The molecule has 0 spiro atoms. The molecule has 0 saturated carbocycles. The number of para-hydroxylation sites is 1. The van der Waals surface area contributed by atoms with Gasteiger partial charge in [-0.05, 0) is 61.9 Å². The molecule has 1 aliphatic heterocycles. The molecular weight excluding hydrogens is 578 g/mol. The summed E-state index contributed by atoms with van der Waals surface area (Å²) in [7, 11) is 0. The second-order valence-electron chi connectivity index (χ2n) is 10.8.